The van der Waals surface area contributed by atoms with Crippen LogP contribution in [0.15, 0.2) is 71.8 Å². The van der Waals surface area contributed by atoms with Gasteiger partial charge in [0.05, 0.1) is 17.1 Å². The zero-order valence-corrected chi connectivity index (χ0v) is 20.9. The maximum atomic E-state index is 13.7. The highest BCUT2D eigenvalue weighted by Crippen LogP contribution is 2.39. The first kappa shape index (κ1) is 23.7. The number of benzene rings is 3. The van der Waals surface area contributed by atoms with Crippen molar-refractivity contribution in [3.8, 4) is 0 Å². The zero-order valence-electron chi connectivity index (χ0n) is 20.9. The first-order valence-electron chi connectivity index (χ1n) is 12.6. The number of nitrogens with zero attached hydrogens (tertiary/aromatic N) is 3. The fourth-order valence-electron chi connectivity index (χ4n) is 5.16. The molecule has 0 unspecified atom stereocenters. The Kier molecular flexibility index (Phi) is 6.81. The minimum absolute atomic E-state index is 0.215. The average molecular weight is 478 g/mol. The van der Waals surface area contributed by atoms with E-state index < -0.39 is 0 Å². The zero-order chi connectivity index (χ0) is 25.1. The van der Waals surface area contributed by atoms with Gasteiger partial charge in [-0.05, 0) is 72.9 Å². The molecule has 1 saturated carbocycles. The van der Waals surface area contributed by atoms with Crippen LogP contribution in [-0.2, 0) is 0 Å². The number of anilines is 2. The summed E-state index contributed by atoms with van der Waals surface area (Å²) in [6.07, 6.45) is 10.8. The smallest absolute Gasteiger partial charge is 0.298 e. The van der Waals surface area contributed by atoms with E-state index in [1.54, 1.807) is 24.1 Å². The number of hydrogen-bond acceptors (Lipinski definition) is 3. The summed E-state index contributed by atoms with van der Waals surface area (Å²) < 4.78 is 0. The van der Waals surface area contributed by atoms with Gasteiger partial charge < -0.3 is 0 Å². The third kappa shape index (κ3) is 4.74. The molecule has 1 fully saturated rings. The molecule has 5 nitrogen and oxygen atoms in total. The van der Waals surface area contributed by atoms with Crippen molar-refractivity contribution in [2.45, 2.75) is 39.0 Å². The number of carbonyl (C=O) groups excluding carboxylic acids is 2. The quantitative estimate of drug-likeness (QED) is 0.283. The minimum Gasteiger partial charge on any atom is -0.298 e. The van der Waals surface area contributed by atoms with Crippen molar-refractivity contribution in [2.24, 2.45) is 11.0 Å². The number of hydrogen-bond donors (Lipinski definition) is 0. The molecule has 2 amide bonds. The maximum Gasteiger partial charge on any atom is 0.349 e. The highest BCUT2D eigenvalue weighted by molar-refractivity contribution is 6.14. The molecule has 3 aromatic rings. The van der Waals surface area contributed by atoms with Crippen LogP contribution in [-0.4, -0.2) is 30.1 Å². The third-order valence-corrected chi connectivity index (χ3v) is 7.16. The Morgan fingerprint density at radius 3 is 2.31 bits per heavy atom. The van der Waals surface area contributed by atoms with Crippen molar-refractivity contribution in [1.29, 1.82) is 0 Å². The second-order valence-electron chi connectivity index (χ2n) is 9.64. The summed E-state index contributed by atoms with van der Waals surface area (Å²) >= 11 is 0. The van der Waals surface area contributed by atoms with Crippen molar-refractivity contribution in [3.05, 3.63) is 94.5 Å². The highest BCUT2D eigenvalue weighted by atomic mass is 16.2. The summed E-state index contributed by atoms with van der Waals surface area (Å²) in [7, 11) is 1.73. The Labute approximate surface area is 212 Å². The summed E-state index contributed by atoms with van der Waals surface area (Å²) in [5.41, 5.74) is 7.43. The molecule has 0 saturated heterocycles. The van der Waals surface area contributed by atoms with Crippen molar-refractivity contribution >= 4 is 41.6 Å². The predicted molar refractivity (Wildman–Crippen MR) is 147 cm³/mol. The van der Waals surface area contributed by atoms with E-state index in [2.05, 4.69) is 43.3 Å². The molecular formula is C31H31N3O2. The lowest BCUT2D eigenvalue weighted by molar-refractivity contribution is 0.112. The van der Waals surface area contributed by atoms with Gasteiger partial charge in [-0.1, -0.05) is 61.7 Å². The van der Waals surface area contributed by atoms with Gasteiger partial charge in [-0.3, -0.25) is 9.69 Å². The van der Waals surface area contributed by atoms with Crippen LogP contribution in [0.4, 0.5) is 16.2 Å². The first-order valence-corrected chi connectivity index (χ1v) is 12.6. The van der Waals surface area contributed by atoms with E-state index in [9.17, 15) is 9.59 Å². The summed E-state index contributed by atoms with van der Waals surface area (Å²) in [6, 6.07) is 21.5. The number of hydrazone groups is 1. The molecule has 0 N–H and O–H groups in total. The Balaban J connectivity index is 1.66. The van der Waals surface area contributed by atoms with Crippen molar-refractivity contribution in [3.63, 3.8) is 0 Å². The van der Waals surface area contributed by atoms with Gasteiger partial charge in [0.15, 0.2) is 0 Å². The Hall–Kier alpha value is -3.99. The largest absolute Gasteiger partial charge is 0.349 e. The number of rotatable bonds is 5. The van der Waals surface area contributed by atoms with Crippen molar-refractivity contribution < 1.29 is 9.59 Å². The lowest BCUT2D eigenvalue weighted by Crippen LogP contribution is -2.34. The Bertz CT molecular complexity index is 1320. The molecule has 5 rings (SSSR count). The summed E-state index contributed by atoms with van der Waals surface area (Å²) in [5.74, 6) is 0.318. The van der Waals surface area contributed by atoms with Crippen LogP contribution >= 0.6 is 0 Å². The van der Waals surface area contributed by atoms with E-state index in [4.69, 9.17) is 5.10 Å². The molecule has 0 spiro atoms. The van der Waals surface area contributed by atoms with Crippen LogP contribution in [0.2, 0.25) is 0 Å². The second kappa shape index (κ2) is 10.3. The lowest BCUT2D eigenvalue weighted by atomic mass is 9.82. The van der Waals surface area contributed by atoms with E-state index in [1.165, 1.54) is 24.3 Å². The van der Waals surface area contributed by atoms with E-state index in [-0.39, 0.29) is 6.03 Å². The van der Waals surface area contributed by atoms with Gasteiger partial charge in [-0.15, -0.1) is 0 Å². The van der Waals surface area contributed by atoms with E-state index in [1.807, 2.05) is 30.3 Å². The maximum absolute atomic E-state index is 13.7. The van der Waals surface area contributed by atoms with Gasteiger partial charge in [0, 0.05) is 24.1 Å². The third-order valence-electron chi connectivity index (χ3n) is 7.16. The van der Waals surface area contributed by atoms with Gasteiger partial charge >= 0.3 is 6.03 Å². The van der Waals surface area contributed by atoms with Crippen LogP contribution in [0.1, 0.15) is 64.7 Å². The van der Waals surface area contributed by atoms with Crippen LogP contribution in [0.5, 0.6) is 0 Å². The molecule has 3 aromatic carbocycles. The van der Waals surface area contributed by atoms with E-state index in [0.717, 1.165) is 52.8 Å². The fraction of sp³-hybridized carbons (Fsp3) is 0.258. The van der Waals surface area contributed by atoms with Gasteiger partial charge in [0.1, 0.15) is 6.29 Å². The molecule has 1 aliphatic carbocycles. The van der Waals surface area contributed by atoms with Crippen LogP contribution in [0.3, 0.4) is 0 Å². The molecule has 2 aliphatic rings. The van der Waals surface area contributed by atoms with Crippen LogP contribution in [0.25, 0.3) is 12.2 Å². The molecule has 5 heteroatoms. The fourth-order valence-corrected chi connectivity index (χ4v) is 5.16. The van der Waals surface area contributed by atoms with Gasteiger partial charge in [-0.25, -0.2) is 9.80 Å². The topological polar surface area (TPSA) is 53.0 Å². The van der Waals surface area contributed by atoms with E-state index >= 15 is 0 Å². The Morgan fingerprint density at radius 2 is 1.61 bits per heavy atom. The second-order valence-corrected chi connectivity index (χ2v) is 9.64. The molecule has 0 radical (unpaired) electrons. The van der Waals surface area contributed by atoms with Crippen LogP contribution in [0, 0.1) is 12.8 Å². The first-order chi connectivity index (χ1) is 17.5. The monoisotopic (exact) mass is 477 g/mol. The lowest BCUT2D eigenvalue weighted by Gasteiger charge is -2.27. The molecule has 0 aromatic heterocycles. The summed E-state index contributed by atoms with van der Waals surface area (Å²) in [4.78, 5) is 26.6. The molecular weight excluding hydrogens is 446 g/mol. The SMILES string of the molecule is Cc1cc2c(cc1C=Cc1ccccc1)C(C1CCCCC1)=NN(C)C(=O)N2c1ccc(C=O)cc1. The molecule has 36 heavy (non-hydrogen) atoms. The van der Waals surface area contributed by atoms with Gasteiger partial charge in [-0.2, -0.15) is 5.10 Å². The van der Waals surface area contributed by atoms with Crippen LogP contribution < -0.4 is 4.90 Å². The van der Waals surface area contributed by atoms with Gasteiger partial charge in [0.25, 0.3) is 0 Å². The van der Waals surface area contributed by atoms with Crippen molar-refractivity contribution in [2.75, 3.05) is 11.9 Å². The minimum atomic E-state index is -0.215. The Morgan fingerprint density at radius 1 is 0.889 bits per heavy atom. The molecule has 1 aliphatic heterocycles. The van der Waals surface area contributed by atoms with E-state index in [0.29, 0.717) is 17.2 Å². The summed E-state index contributed by atoms with van der Waals surface area (Å²) in [6.45, 7) is 2.08. The number of fused-ring (bicyclic) bond motifs is 1. The summed E-state index contributed by atoms with van der Waals surface area (Å²) in [5, 5.41) is 6.36. The number of amides is 2. The number of aryl methyl sites for hydroxylation is 1. The molecule has 1 heterocycles. The average Bonchev–Trinajstić information content (AvgIpc) is 3.02. The standard InChI is InChI=1S/C31H31N3O2/c1-22-19-29-28(20-26(22)16-13-23-9-5-3-6-10-23)30(25-11-7-4-8-12-25)32-33(2)31(36)34(29)27-17-14-24(21-35)15-18-27/h3,5-6,9-10,13-21,25H,4,7-8,11-12H2,1-2H3. The molecule has 182 valence electrons. The highest BCUT2D eigenvalue weighted by Gasteiger charge is 2.33. The van der Waals surface area contributed by atoms with Gasteiger partial charge in [0.2, 0.25) is 0 Å². The number of aldehydes is 1. The number of urea groups is 1. The predicted octanol–water partition coefficient (Wildman–Crippen LogP) is 7.47. The molecule has 0 atom stereocenters. The number of carbonyl (C=O) groups is 2. The molecule has 0 bridgehead atoms. The van der Waals surface area contributed by atoms with Crippen molar-refractivity contribution in [1.82, 2.24) is 5.01 Å². The normalized spacial score (nSPS) is 16.6.